The zero-order valence-electron chi connectivity index (χ0n) is 9.87. The Kier molecular flexibility index (Phi) is 3.68. The average molecular weight is 212 g/mol. The van der Waals surface area contributed by atoms with Crippen LogP contribution in [0, 0.1) is 5.92 Å². The molecule has 1 heterocycles. The van der Waals surface area contributed by atoms with Gasteiger partial charge in [0.1, 0.15) is 0 Å². The van der Waals surface area contributed by atoms with E-state index in [0.717, 1.165) is 6.42 Å². The van der Waals surface area contributed by atoms with Gasteiger partial charge in [-0.05, 0) is 38.0 Å². The van der Waals surface area contributed by atoms with Gasteiger partial charge in [-0.25, -0.2) is 0 Å². The Hall–Kier alpha value is -0.0800. The van der Waals surface area contributed by atoms with Crippen molar-refractivity contribution < 1.29 is 9.84 Å². The quantitative estimate of drug-likeness (QED) is 0.779. The molecule has 0 aromatic rings. The van der Waals surface area contributed by atoms with Crippen LogP contribution in [0.4, 0.5) is 0 Å². The third kappa shape index (κ3) is 2.73. The normalized spacial score (nSPS) is 32.0. The Morgan fingerprint density at radius 1 is 1.27 bits per heavy atom. The third-order valence-corrected chi connectivity index (χ3v) is 4.08. The van der Waals surface area contributed by atoms with Crippen LogP contribution in [0.5, 0.6) is 0 Å². The van der Waals surface area contributed by atoms with E-state index in [-0.39, 0.29) is 5.60 Å². The summed E-state index contributed by atoms with van der Waals surface area (Å²) in [6.07, 6.45) is 10.6. The second-order valence-corrected chi connectivity index (χ2v) is 5.55. The van der Waals surface area contributed by atoms with Crippen LogP contribution in [0.15, 0.2) is 0 Å². The number of ether oxygens (including phenoxy) is 1. The lowest BCUT2D eigenvalue weighted by atomic mass is 9.83. The Morgan fingerprint density at radius 2 is 2.00 bits per heavy atom. The zero-order chi connectivity index (χ0) is 10.7. The summed E-state index contributed by atoms with van der Waals surface area (Å²) in [6.45, 7) is 2.40. The van der Waals surface area contributed by atoms with Crippen LogP contribution in [0.3, 0.4) is 0 Å². The molecule has 0 radical (unpaired) electrons. The summed E-state index contributed by atoms with van der Waals surface area (Å²) in [5, 5.41) is 9.04. The van der Waals surface area contributed by atoms with E-state index in [4.69, 9.17) is 9.84 Å². The van der Waals surface area contributed by atoms with Crippen molar-refractivity contribution in [1.82, 2.24) is 0 Å². The van der Waals surface area contributed by atoms with Gasteiger partial charge in [-0.1, -0.05) is 26.2 Å². The smallest absolute Gasteiger partial charge is 0.0687 e. The number of rotatable bonds is 3. The van der Waals surface area contributed by atoms with Crippen LogP contribution in [0.25, 0.3) is 0 Å². The molecule has 1 spiro atoms. The molecular formula is C13H24O2. The molecule has 2 fully saturated rings. The highest BCUT2D eigenvalue weighted by Gasteiger charge is 2.40. The first kappa shape index (κ1) is 11.4. The van der Waals surface area contributed by atoms with Crippen molar-refractivity contribution in [1.29, 1.82) is 0 Å². The van der Waals surface area contributed by atoms with E-state index in [1.165, 1.54) is 44.9 Å². The molecule has 0 amide bonds. The molecule has 0 aromatic heterocycles. The second kappa shape index (κ2) is 4.84. The SMILES string of the molecule is CC(CO)CC1CCC2(CCCCC2)O1. The maximum Gasteiger partial charge on any atom is 0.0687 e. The van der Waals surface area contributed by atoms with E-state index in [1.807, 2.05) is 0 Å². The number of aliphatic hydroxyl groups excluding tert-OH is 1. The van der Waals surface area contributed by atoms with Crippen molar-refractivity contribution in [3.8, 4) is 0 Å². The van der Waals surface area contributed by atoms with E-state index in [2.05, 4.69) is 6.92 Å². The van der Waals surface area contributed by atoms with Gasteiger partial charge in [0, 0.05) is 6.61 Å². The summed E-state index contributed by atoms with van der Waals surface area (Å²) in [6, 6.07) is 0. The summed E-state index contributed by atoms with van der Waals surface area (Å²) in [5.41, 5.74) is 0.248. The Bertz CT molecular complexity index is 197. The predicted molar refractivity (Wildman–Crippen MR) is 60.8 cm³/mol. The fraction of sp³-hybridized carbons (Fsp3) is 1.00. The maximum atomic E-state index is 9.04. The van der Waals surface area contributed by atoms with Gasteiger partial charge in [0.2, 0.25) is 0 Å². The molecule has 1 aliphatic carbocycles. The molecule has 2 heteroatoms. The molecule has 1 saturated heterocycles. The van der Waals surface area contributed by atoms with Crippen molar-refractivity contribution in [3.63, 3.8) is 0 Å². The molecule has 15 heavy (non-hydrogen) atoms. The topological polar surface area (TPSA) is 29.5 Å². The molecule has 1 N–H and O–H groups in total. The van der Waals surface area contributed by atoms with Crippen LogP contribution in [-0.4, -0.2) is 23.4 Å². The molecule has 2 rings (SSSR count). The van der Waals surface area contributed by atoms with Crippen LogP contribution in [0.1, 0.15) is 58.3 Å². The minimum absolute atomic E-state index is 0.248. The van der Waals surface area contributed by atoms with Crippen molar-refractivity contribution >= 4 is 0 Å². The number of aliphatic hydroxyl groups is 1. The molecule has 88 valence electrons. The van der Waals surface area contributed by atoms with Crippen molar-refractivity contribution in [2.24, 2.45) is 5.92 Å². The maximum absolute atomic E-state index is 9.04. The highest BCUT2D eigenvalue weighted by Crippen LogP contribution is 2.43. The Labute approximate surface area is 93.0 Å². The van der Waals surface area contributed by atoms with Gasteiger partial charge in [-0.3, -0.25) is 0 Å². The van der Waals surface area contributed by atoms with Crippen LogP contribution in [-0.2, 0) is 4.74 Å². The second-order valence-electron chi connectivity index (χ2n) is 5.55. The van der Waals surface area contributed by atoms with E-state index in [0.29, 0.717) is 18.6 Å². The van der Waals surface area contributed by atoms with Crippen LogP contribution < -0.4 is 0 Å². The van der Waals surface area contributed by atoms with Gasteiger partial charge in [0.25, 0.3) is 0 Å². The van der Waals surface area contributed by atoms with Gasteiger partial charge >= 0.3 is 0 Å². The molecule has 1 aliphatic heterocycles. The first-order valence-electron chi connectivity index (χ1n) is 6.53. The van der Waals surface area contributed by atoms with Crippen molar-refractivity contribution in [2.75, 3.05) is 6.61 Å². The molecule has 2 nitrogen and oxygen atoms in total. The van der Waals surface area contributed by atoms with Crippen LogP contribution >= 0.6 is 0 Å². The standard InChI is InChI=1S/C13H24O2/c1-11(10-14)9-12-5-8-13(15-12)6-3-2-4-7-13/h11-12,14H,2-10H2,1H3. The predicted octanol–water partition coefficient (Wildman–Crippen LogP) is 2.89. The Balaban J connectivity index is 1.82. The number of hydrogen-bond acceptors (Lipinski definition) is 2. The minimum atomic E-state index is 0.248. The van der Waals surface area contributed by atoms with Crippen molar-refractivity contribution in [2.45, 2.75) is 70.0 Å². The van der Waals surface area contributed by atoms with E-state index >= 15 is 0 Å². The first-order valence-corrected chi connectivity index (χ1v) is 6.53. The van der Waals surface area contributed by atoms with Gasteiger partial charge in [0.15, 0.2) is 0 Å². The zero-order valence-corrected chi connectivity index (χ0v) is 9.87. The van der Waals surface area contributed by atoms with Crippen LogP contribution in [0.2, 0.25) is 0 Å². The molecular weight excluding hydrogens is 188 g/mol. The number of hydrogen-bond donors (Lipinski definition) is 1. The lowest BCUT2D eigenvalue weighted by Crippen LogP contribution is -2.32. The van der Waals surface area contributed by atoms with E-state index < -0.39 is 0 Å². The van der Waals surface area contributed by atoms with Gasteiger partial charge in [-0.2, -0.15) is 0 Å². The molecule has 0 bridgehead atoms. The lowest BCUT2D eigenvalue weighted by molar-refractivity contribution is -0.0707. The van der Waals surface area contributed by atoms with Gasteiger partial charge < -0.3 is 9.84 Å². The fourth-order valence-corrected chi connectivity index (χ4v) is 3.15. The molecule has 2 aliphatic rings. The molecule has 2 unspecified atom stereocenters. The summed E-state index contributed by atoms with van der Waals surface area (Å²) in [4.78, 5) is 0. The highest BCUT2D eigenvalue weighted by molar-refractivity contribution is 4.91. The van der Waals surface area contributed by atoms with Gasteiger partial charge in [-0.15, -0.1) is 0 Å². The molecule has 1 saturated carbocycles. The molecule has 0 aromatic carbocycles. The monoisotopic (exact) mass is 212 g/mol. The minimum Gasteiger partial charge on any atom is -0.396 e. The van der Waals surface area contributed by atoms with Crippen molar-refractivity contribution in [3.05, 3.63) is 0 Å². The highest BCUT2D eigenvalue weighted by atomic mass is 16.5. The van der Waals surface area contributed by atoms with E-state index in [9.17, 15) is 0 Å². The van der Waals surface area contributed by atoms with Gasteiger partial charge in [0.05, 0.1) is 11.7 Å². The fourth-order valence-electron chi connectivity index (χ4n) is 3.15. The summed E-state index contributed by atoms with van der Waals surface area (Å²) in [5.74, 6) is 0.397. The summed E-state index contributed by atoms with van der Waals surface area (Å²) >= 11 is 0. The lowest BCUT2D eigenvalue weighted by Gasteiger charge is -2.33. The van der Waals surface area contributed by atoms with E-state index in [1.54, 1.807) is 0 Å². The largest absolute Gasteiger partial charge is 0.396 e. The summed E-state index contributed by atoms with van der Waals surface area (Å²) < 4.78 is 6.25. The third-order valence-electron chi connectivity index (χ3n) is 4.08. The Morgan fingerprint density at radius 3 is 2.67 bits per heavy atom. The molecule has 2 atom stereocenters. The average Bonchev–Trinajstić information content (AvgIpc) is 2.62. The first-order chi connectivity index (χ1) is 7.24. The summed E-state index contributed by atoms with van der Waals surface area (Å²) in [7, 11) is 0.